The first-order valence-electron chi connectivity index (χ1n) is 9.67. The van der Waals surface area contributed by atoms with Gasteiger partial charge in [-0.25, -0.2) is 0 Å². The third-order valence-electron chi connectivity index (χ3n) is 5.06. The summed E-state index contributed by atoms with van der Waals surface area (Å²) in [5, 5.41) is 0. The molecule has 1 saturated carbocycles. The summed E-state index contributed by atoms with van der Waals surface area (Å²) in [4.78, 5) is 27.3. The number of thioether (sulfide) groups is 1. The number of Topliss-reactive ketones (excluding diaryl/α,β-unsaturated/α-hetero) is 2. The van der Waals surface area contributed by atoms with Crippen LogP contribution >= 0.6 is 11.8 Å². The number of carbonyl (C=O) groups excluding carboxylic acids is 2. The van der Waals surface area contributed by atoms with Crippen molar-refractivity contribution in [3.63, 3.8) is 0 Å². The number of hydrogen-bond donors (Lipinski definition) is 0. The Kier molecular flexibility index (Phi) is 6.74. The van der Waals surface area contributed by atoms with Crippen LogP contribution in [0.2, 0.25) is 0 Å². The topological polar surface area (TPSA) is 43.4 Å². The average molecular weight is 395 g/mol. The van der Waals surface area contributed by atoms with E-state index in [1.54, 1.807) is 11.8 Å². The normalized spacial score (nSPS) is 14.0. The number of carbonyl (C=O) groups is 2. The molecule has 1 fully saturated rings. The first kappa shape index (κ1) is 20.4. The Morgan fingerprint density at radius 3 is 2.46 bits per heavy atom. The van der Waals surface area contributed by atoms with E-state index in [9.17, 15) is 9.59 Å². The van der Waals surface area contributed by atoms with Crippen LogP contribution < -0.4 is 0 Å². The molecule has 1 aliphatic rings. The van der Waals surface area contributed by atoms with Gasteiger partial charge in [0.25, 0.3) is 0 Å². The predicted octanol–water partition coefficient (Wildman–Crippen LogP) is 5.39. The Morgan fingerprint density at radius 1 is 1.14 bits per heavy atom. The highest BCUT2D eigenvalue weighted by Crippen LogP contribution is 2.34. The van der Waals surface area contributed by atoms with Crippen LogP contribution in [0.5, 0.6) is 0 Å². The lowest BCUT2D eigenvalue weighted by molar-refractivity contribution is -0.116. The van der Waals surface area contributed by atoms with Crippen molar-refractivity contribution in [3.8, 4) is 0 Å². The van der Waals surface area contributed by atoms with E-state index in [2.05, 4.69) is 19.1 Å². The summed E-state index contributed by atoms with van der Waals surface area (Å²) in [5.41, 5.74) is 3.99. The van der Waals surface area contributed by atoms with Crippen LogP contribution in [0.3, 0.4) is 0 Å². The second-order valence-corrected chi connectivity index (χ2v) is 7.88. The molecule has 4 heteroatoms. The maximum atomic E-state index is 13.4. The van der Waals surface area contributed by atoms with Crippen molar-refractivity contribution in [1.29, 1.82) is 0 Å². The summed E-state index contributed by atoms with van der Waals surface area (Å²) >= 11 is 1.67. The molecule has 0 heterocycles. The van der Waals surface area contributed by atoms with Gasteiger partial charge in [0, 0.05) is 16.4 Å². The Balaban J connectivity index is 2.04. The summed E-state index contributed by atoms with van der Waals surface area (Å²) in [6.45, 7) is 4.32. The molecule has 0 aromatic heterocycles. The minimum absolute atomic E-state index is 0.0280. The molecule has 0 radical (unpaired) electrons. The molecule has 1 aliphatic carbocycles. The molecule has 3 rings (SSSR count). The van der Waals surface area contributed by atoms with Gasteiger partial charge in [0.1, 0.15) is 5.57 Å². The fourth-order valence-electron chi connectivity index (χ4n) is 3.30. The molecule has 0 aliphatic heterocycles. The van der Waals surface area contributed by atoms with Crippen LogP contribution in [0.15, 0.2) is 59.2 Å². The number of hydrogen-bond acceptors (Lipinski definition) is 4. The van der Waals surface area contributed by atoms with Gasteiger partial charge in [-0.3, -0.25) is 9.59 Å². The number of rotatable bonds is 9. The van der Waals surface area contributed by atoms with Crippen molar-refractivity contribution < 1.29 is 14.3 Å². The van der Waals surface area contributed by atoms with Gasteiger partial charge in [0.15, 0.2) is 11.6 Å². The molecule has 0 amide bonds. The molecule has 0 spiro atoms. The maximum absolute atomic E-state index is 13.4. The second-order valence-electron chi connectivity index (χ2n) is 7.04. The largest absolute Gasteiger partial charge is 0.501 e. The molecule has 2 aromatic carbocycles. The van der Waals surface area contributed by atoms with Crippen LogP contribution in [0, 0.1) is 12.8 Å². The lowest BCUT2D eigenvalue weighted by Gasteiger charge is -2.16. The first-order valence-corrected chi connectivity index (χ1v) is 10.9. The molecule has 0 bridgehead atoms. The van der Waals surface area contributed by atoms with Crippen molar-refractivity contribution in [3.05, 3.63) is 76.6 Å². The van der Waals surface area contributed by atoms with E-state index < -0.39 is 0 Å². The minimum Gasteiger partial charge on any atom is -0.501 e. The molecule has 0 N–H and O–H groups in total. The Morgan fingerprint density at radius 2 is 1.86 bits per heavy atom. The van der Waals surface area contributed by atoms with E-state index in [0.29, 0.717) is 18.6 Å². The molecule has 0 atom stereocenters. The monoisotopic (exact) mass is 394 g/mol. The van der Waals surface area contributed by atoms with Crippen LogP contribution in [-0.4, -0.2) is 24.4 Å². The lowest BCUT2D eigenvalue weighted by atomic mass is 9.89. The Bertz CT molecular complexity index is 896. The molecule has 0 unspecified atom stereocenters. The third-order valence-corrected chi connectivity index (χ3v) is 5.95. The van der Waals surface area contributed by atoms with Crippen molar-refractivity contribution in [2.45, 2.75) is 38.0 Å². The Hall–Kier alpha value is -2.33. The average Bonchev–Trinajstić information content (AvgIpc) is 3.55. The van der Waals surface area contributed by atoms with Crippen molar-refractivity contribution in [2.24, 2.45) is 5.92 Å². The molecular formula is C24H26O3S. The van der Waals surface area contributed by atoms with E-state index in [4.69, 9.17) is 4.74 Å². The predicted molar refractivity (Wildman–Crippen MR) is 114 cm³/mol. The SMILES string of the molecule is CCOC=C(C(=O)c1ccc(SC)c(C)c1Cc1ccccc1)C(=O)C1CC1. The zero-order valence-corrected chi connectivity index (χ0v) is 17.5. The van der Waals surface area contributed by atoms with Crippen LogP contribution in [-0.2, 0) is 16.0 Å². The summed E-state index contributed by atoms with van der Waals surface area (Å²) in [6, 6.07) is 13.9. The Labute approximate surface area is 171 Å². The minimum atomic E-state index is -0.230. The van der Waals surface area contributed by atoms with Gasteiger partial charge in [0.2, 0.25) is 0 Å². The van der Waals surface area contributed by atoms with Crippen LogP contribution in [0.1, 0.15) is 46.8 Å². The quantitative estimate of drug-likeness (QED) is 0.143. The zero-order chi connectivity index (χ0) is 20.1. The molecule has 3 nitrogen and oxygen atoms in total. The number of ether oxygens (including phenoxy) is 1. The van der Waals surface area contributed by atoms with Crippen molar-refractivity contribution in [2.75, 3.05) is 12.9 Å². The fraction of sp³-hybridized carbons (Fsp3) is 0.333. The van der Waals surface area contributed by atoms with E-state index in [0.717, 1.165) is 34.4 Å². The maximum Gasteiger partial charge on any atom is 0.200 e. The van der Waals surface area contributed by atoms with Crippen molar-refractivity contribution >= 4 is 23.3 Å². The summed E-state index contributed by atoms with van der Waals surface area (Å²) < 4.78 is 5.36. The zero-order valence-electron chi connectivity index (χ0n) is 16.7. The van der Waals surface area contributed by atoms with Gasteiger partial charge in [-0.15, -0.1) is 11.8 Å². The third kappa shape index (κ3) is 4.56. The molecule has 28 heavy (non-hydrogen) atoms. The highest BCUT2D eigenvalue weighted by molar-refractivity contribution is 7.98. The van der Waals surface area contributed by atoms with E-state index in [1.807, 2.05) is 43.5 Å². The standard InChI is InChI=1S/C24H26O3S/c1-4-27-15-21(23(25)18-10-11-18)24(26)19-12-13-22(28-3)16(2)20(19)14-17-8-6-5-7-9-17/h5-9,12-13,15,18H,4,10-11,14H2,1-3H3. The van der Waals surface area contributed by atoms with E-state index >= 15 is 0 Å². The van der Waals surface area contributed by atoms with Gasteiger partial charge in [0.05, 0.1) is 12.9 Å². The number of ketones is 2. The molecule has 0 saturated heterocycles. The first-order chi connectivity index (χ1) is 13.6. The molecular weight excluding hydrogens is 368 g/mol. The van der Waals surface area contributed by atoms with E-state index in [-0.39, 0.29) is 23.1 Å². The van der Waals surface area contributed by atoms with Crippen LogP contribution in [0.4, 0.5) is 0 Å². The smallest absolute Gasteiger partial charge is 0.200 e. The fourth-order valence-corrected chi connectivity index (χ4v) is 3.93. The molecule has 146 valence electrons. The van der Waals surface area contributed by atoms with Crippen molar-refractivity contribution in [1.82, 2.24) is 0 Å². The summed E-state index contributed by atoms with van der Waals surface area (Å²) in [5.74, 6) is -0.345. The van der Waals surface area contributed by atoms with Gasteiger partial charge >= 0.3 is 0 Å². The van der Waals surface area contributed by atoms with Gasteiger partial charge < -0.3 is 4.74 Å². The van der Waals surface area contributed by atoms with Crippen LogP contribution in [0.25, 0.3) is 0 Å². The molecule has 2 aromatic rings. The van der Waals surface area contributed by atoms with Gasteiger partial charge in [-0.1, -0.05) is 30.3 Å². The lowest BCUT2D eigenvalue weighted by Crippen LogP contribution is -2.18. The number of allylic oxidation sites excluding steroid dienone is 1. The highest BCUT2D eigenvalue weighted by Gasteiger charge is 2.35. The van der Waals surface area contributed by atoms with Gasteiger partial charge in [-0.2, -0.15) is 0 Å². The van der Waals surface area contributed by atoms with E-state index in [1.165, 1.54) is 6.26 Å². The summed E-state index contributed by atoms with van der Waals surface area (Å²) in [7, 11) is 0. The second kappa shape index (κ2) is 9.24. The summed E-state index contributed by atoms with van der Waals surface area (Å²) in [6.07, 6.45) is 5.77. The van der Waals surface area contributed by atoms with Gasteiger partial charge in [-0.05, 0) is 68.2 Å². The number of benzene rings is 2. The highest BCUT2D eigenvalue weighted by atomic mass is 32.2.